The summed E-state index contributed by atoms with van der Waals surface area (Å²) in [6.45, 7) is 0. The van der Waals surface area contributed by atoms with Crippen LogP contribution in [0.25, 0.3) is 22.2 Å². The summed E-state index contributed by atoms with van der Waals surface area (Å²) < 4.78 is 0. The van der Waals surface area contributed by atoms with Crippen molar-refractivity contribution in [3.05, 3.63) is 52.5 Å². The van der Waals surface area contributed by atoms with Gasteiger partial charge in [-0.1, -0.05) is 35.9 Å². The summed E-state index contributed by atoms with van der Waals surface area (Å²) in [6.07, 6.45) is 3.30. The molecule has 1 N–H and O–H groups in total. The van der Waals surface area contributed by atoms with Crippen LogP contribution in [0.2, 0.25) is 5.02 Å². The van der Waals surface area contributed by atoms with Crippen LogP contribution in [0.1, 0.15) is 17.5 Å². The van der Waals surface area contributed by atoms with Gasteiger partial charge < -0.3 is 5.11 Å². The molecule has 3 aromatic rings. The van der Waals surface area contributed by atoms with Crippen LogP contribution in [0.4, 0.5) is 0 Å². The van der Waals surface area contributed by atoms with Crippen LogP contribution in [-0.4, -0.2) is 15.3 Å². The van der Waals surface area contributed by atoms with Crippen LogP contribution in [0.3, 0.4) is 0 Å². The van der Waals surface area contributed by atoms with Gasteiger partial charge in [0.15, 0.2) is 0 Å². The second kappa shape index (κ2) is 4.71. The molecular formula is C17H13ClN2O. The first-order chi connectivity index (χ1) is 10.3. The van der Waals surface area contributed by atoms with Crippen LogP contribution >= 0.6 is 11.6 Å². The molecule has 0 amide bonds. The van der Waals surface area contributed by atoms with Crippen molar-refractivity contribution in [3.63, 3.8) is 0 Å². The van der Waals surface area contributed by atoms with Gasteiger partial charge in [0.05, 0.1) is 10.5 Å². The summed E-state index contributed by atoms with van der Waals surface area (Å²) in [5, 5.41) is 20.1. The molecule has 0 bridgehead atoms. The highest BCUT2D eigenvalue weighted by molar-refractivity contribution is 6.37. The number of halogens is 1. The van der Waals surface area contributed by atoms with E-state index in [9.17, 15) is 5.11 Å². The van der Waals surface area contributed by atoms with Gasteiger partial charge in [-0.05, 0) is 42.5 Å². The number of fused-ring (bicyclic) bond motifs is 3. The first kappa shape index (κ1) is 12.6. The Balaban J connectivity index is 2.00. The topological polar surface area (TPSA) is 46.0 Å². The van der Waals surface area contributed by atoms with Gasteiger partial charge >= 0.3 is 0 Å². The maximum absolute atomic E-state index is 9.99. The van der Waals surface area contributed by atoms with E-state index in [0.29, 0.717) is 16.3 Å². The smallest absolute Gasteiger partial charge is 0.125 e. The Kier molecular flexibility index (Phi) is 2.82. The van der Waals surface area contributed by atoms with Gasteiger partial charge in [-0.25, -0.2) is 0 Å². The number of rotatable bonds is 1. The summed E-state index contributed by atoms with van der Waals surface area (Å²) in [5.41, 5.74) is 4.65. The molecule has 0 spiro atoms. The van der Waals surface area contributed by atoms with Crippen molar-refractivity contribution in [2.75, 3.05) is 0 Å². The van der Waals surface area contributed by atoms with E-state index < -0.39 is 0 Å². The van der Waals surface area contributed by atoms with Crippen molar-refractivity contribution in [2.24, 2.45) is 0 Å². The largest absolute Gasteiger partial charge is 0.507 e. The van der Waals surface area contributed by atoms with Gasteiger partial charge in [-0.15, -0.1) is 10.2 Å². The number of aromatic hydroxyl groups is 1. The van der Waals surface area contributed by atoms with Crippen LogP contribution in [-0.2, 0) is 12.8 Å². The van der Waals surface area contributed by atoms with Crippen molar-refractivity contribution in [3.8, 4) is 17.0 Å². The molecule has 1 heterocycles. The number of aromatic nitrogens is 2. The lowest BCUT2D eigenvalue weighted by Gasteiger charge is -2.10. The van der Waals surface area contributed by atoms with E-state index in [0.717, 1.165) is 30.2 Å². The van der Waals surface area contributed by atoms with Gasteiger partial charge in [0.1, 0.15) is 11.4 Å². The fourth-order valence-corrected chi connectivity index (χ4v) is 3.35. The highest BCUT2D eigenvalue weighted by Crippen LogP contribution is 2.38. The zero-order chi connectivity index (χ0) is 14.4. The standard InChI is InChI=1S/C17H13ClN2O/c18-15-13-9-8-10-4-3-6-11(10)16(13)19-20-17(15)12-5-1-2-7-14(12)21/h1-2,5,7-9,21H,3-4,6H2. The van der Waals surface area contributed by atoms with Gasteiger partial charge in [0.2, 0.25) is 0 Å². The quantitative estimate of drug-likeness (QED) is 0.734. The minimum atomic E-state index is 0.161. The Morgan fingerprint density at radius 1 is 1.00 bits per heavy atom. The summed E-state index contributed by atoms with van der Waals surface area (Å²) >= 11 is 6.54. The molecule has 0 saturated carbocycles. The van der Waals surface area contributed by atoms with Crippen LogP contribution < -0.4 is 0 Å². The lowest BCUT2D eigenvalue weighted by atomic mass is 10.0. The number of phenols is 1. The molecule has 1 aromatic heterocycles. The van der Waals surface area contributed by atoms with E-state index in [4.69, 9.17) is 11.6 Å². The maximum Gasteiger partial charge on any atom is 0.125 e. The summed E-state index contributed by atoms with van der Waals surface area (Å²) in [4.78, 5) is 0. The molecule has 104 valence electrons. The fourth-order valence-electron chi connectivity index (χ4n) is 3.06. The fraction of sp³-hybridized carbons (Fsp3) is 0.176. The zero-order valence-corrected chi connectivity index (χ0v) is 12.1. The molecule has 4 heteroatoms. The third-order valence-corrected chi connectivity index (χ3v) is 4.49. The minimum Gasteiger partial charge on any atom is -0.507 e. The number of aryl methyl sites for hydroxylation is 2. The van der Waals surface area contributed by atoms with Gasteiger partial charge in [0.25, 0.3) is 0 Å². The molecule has 0 radical (unpaired) electrons. The molecule has 0 aliphatic heterocycles. The molecule has 4 rings (SSSR count). The SMILES string of the molecule is Oc1ccccc1-c1nnc2c3c(ccc2c1Cl)CCC3. The second-order valence-electron chi connectivity index (χ2n) is 5.33. The first-order valence-electron chi connectivity index (χ1n) is 7.00. The lowest BCUT2D eigenvalue weighted by molar-refractivity contribution is 0.477. The first-order valence-corrected chi connectivity index (χ1v) is 7.38. The average molecular weight is 297 g/mol. The lowest BCUT2D eigenvalue weighted by Crippen LogP contribution is -1.95. The number of hydrogen-bond acceptors (Lipinski definition) is 3. The molecule has 1 aliphatic rings. The molecule has 2 aromatic carbocycles. The van der Waals surface area contributed by atoms with E-state index in [1.54, 1.807) is 18.2 Å². The molecule has 0 unspecified atom stereocenters. The molecule has 1 aliphatic carbocycles. The second-order valence-corrected chi connectivity index (χ2v) is 5.71. The normalized spacial score (nSPS) is 13.6. The van der Waals surface area contributed by atoms with Gasteiger partial charge in [-0.3, -0.25) is 0 Å². The van der Waals surface area contributed by atoms with E-state index in [1.807, 2.05) is 12.1 Å². The van der Waals surface area contributed by atoms with Crippen molar-refractivity contribution in [1.29, 1.82) is 0 Å². The van der Waals surface area contributed by atoms with Crippen molar-refractivity contribution in [2.45, 2.75) is 19.3 Å². The third-order valence-electron chi connectivity index (χ3n) is 4.11. The van der Waals surface area contributed by atoms with Crippen molar-refractivity contribution < 1.29 is 5.11 Å². The van der Waals surface area contributed by atoms with Crippen molar-refractivity contribution >= 4 is 22.5 Å². The summed E-state index contributed by atoms with van der Waals surface area (Å²) in [7, 11) is 0. The zero-order valence-electron chi connectivity index (χ0n) is 11.3. The number of benzene rings is 2. The third kappa shape index (κ3) is 1.88. The molecular weight excluding hydrogens is 284 g/mol. The number of hydrogen-bond donors (Lipinski definition) is 1. The molecule has 0 saturated heterocycles. The number of para-hydroxylation sites is 1. The minimum absolute atomic E-state index is 0.161. The number of phenolic OH excluding ortho intramolecular Hbond substituents is 1. The summed E-state index contributed by atoms with van der Waals surface area (Å²) in [6, 6.07) is 11.2. The Morgan fingerprint density at radius 2 is 1.86 bits per heavy atom. The Hall–Kier alpha value is -2.13. The Bertz CT molecular complexity index is 861. The van der Waals surface area contributed by atoms with Gasteiger partial charge in [-0.2, -0.15) is 0 Å². The summed E-state index contributed by atoms with van der Waals surface area (Å²) in [5.74, 6) is 0.161. The van der Waals surface area contributed by atoms with Crippen LogP contribution in [0, 0.1) is 0 Å². The van der Waals surface area contributed by atoms with Crippen molar-refractivity contribution in [1.82, 2.24) is 10.2 Å². The highest BCUT2D eigenvalue weighted by Gasteiger charge is 2.19. The van der Waals surface area contributed by atoms with Gasteiger partial charge in [0, 0.05) is 10.9 Å². The molecule has 3 nitrogen and oxygen atoms in total. The van der Waals surface area contributed by atoms with Crippen LogP contribution in [0.5, 0.6) is 5.75 Å². The van der Waals surface area contributed by atoms with E-state index in [-0.39, 0.29) is 5.75 Å². The molecule has 0 atom stereocenters. The number of nitrogens with zero attached hydrogens (tertiary/aromatic N) is 2. The Labute approximate surface area is 127 Å². The predicted molar refractivity (Wildman–Crippen MR) is 83.7 cm³/mol. The van der Waals surface area contributed by atoms with E-state index in [1.165, 1.54) is 11.1 Å². The monoisotopic (exact) mass is 296 g/mol. The van der Waals surface area contributed by atoms with E-state index in [2.05, 4.69) is 16.3 Å². The molecule has 21 heavy (non-hydrogen) atoms. The van der Waals surface area contributed by atoms with E-state index >= 15 is 0 Å². The Morgan fingerprint density at radius 3 is 2.71 bits per heavy atom. The van der Waals surface area contributed by atoms with Crippen LogP contribution in [0.15, 0.2) is 36.4 Å². The molecule has 0 fully saturated rings. The highest BCUT2D eigenvalue weighted by atomic mass is 35.5. The maximum atomic E-state index is 9.99. The predicted octanol–water partition coefficient (Wildman–Crippen LogP) is 4.14. The average Bonchev–Trinajstić information content (AvgIpc) is 2.97.